The number of carbonyl (C=O) groups excluding carboxylic acids is 3. The lowest BCUT2D eigenvalue weighted by Crippen LogP contribution is -2.44. The van der Waals surface area contributed by atoms with Crippen LogP contribution in [0.2, 0.25) is 0 Å². The van der Waals surface area contributed by atoms with Crippen LogP contribution in [-0.2, 0) is 11.3 Å². The van der Waals surface area contributed by atoms with E-state index in [2.05, 4.69) is 20.9 Å². The first-order chi connectivity index (χ1) is 14.0. The quantitative estimate of drug-likeness (QED) is 0.668. The zero-order valence-electron chi connectivity index (χ0n) is 16.4. The fourth-order valence-corrected chi connectivity index (χ4v) is 3.18. The molecule has 152 valence electrons. The molecule has 3 rings (SSSR count). The molecule has 1 aliphatic heterocycles. The zero-order chi connectivity index (χ0) is 20.6. The van der Waals surface area contributed by atoms with Gasteiger partial charge in [-0.2, -0.15) is 0 Å². The number of rotatable bonds is 7. The number of pyridine rings is 1. The summed E-state index contributed by atoms with van der Waals surface area (Å²) in [5, 5.41) is 8.36. The molecule has 29 heavy (non-hydrogen) atoms. The minimum Gasteiger partial charge on any atom is -0.346 e. The van der Waals surface area contributed by atoms with Gasteiger partial charge in [0.25, 0.3) is 5.91 Å². The Kier molecular flexibility index (Phi) is 6.78. The number of nitrogens with zero attached hydrogens (tertiary/aromatic N) is 2. The molecule has 1 fully saturated rings. The van der Waals surface area contributed by atoms with Crippen molar-refractivity contribution in [2.75, 3.05) is 18.4 Å². The Bertz CT molecular complexity index is 872. The Balaban J connectivity index is 1.50. The highest BCUT2D eigenvalue weighted by atomic mass is 16.2. The third-order valence-corrected chi connectivity index (χ3v) is 4.58. The van der Waals surface area contributed by atoms with E-state index in [1.165, 1.54) is 0 Å². The summed E-state index contributed by atoms with van der Waals surface area (Å²) in [6, 6.07) is 11.7. The minimum atomic E-state index is -0.379. The molecule has 8 nitrogen and oxygen atoms in total. The van der Waals surface area contributed by atoms with E-state index < -0.39 is 0 Å². The topological polar surface area (TPSA) is 103 Å². The predicted molar refractivity (Wildman–Crippen MR) is 109 cm³/mol. The van der Waals surface area contributed by atoms with Gasteiger partial charge < -0.3 is 20.9 Å². The second kappa shape index (κ2) is 9.68. The van der Waals surface area contributed by atoms with Gasteiger partial charge in [0.1, 0.15) is 0 Å². The molecule has 1 aromatic carbocycles. The molecule has 0 aliphatic carbocycles. The van der Waals surface area contributed by atoms with E-state index in [0.717, 1.165) is 18.7 Å². The molecule has 4 amide bonds. The van der Waals surface area contributed by atoms with E-state index in [1.807, 2.05) is 25.1 Å². The summed E-state index contributed by atoms with van der Waals surface area (Å²) in [4.78, 5) is 42.2. The Labute approximate surface area is 169 Å². The fraction of sp³-hybridized carbons (Fsp3) is 0.333. The second-order valence-corrected chi connectivity index (χ2v) is 7.03. The third-order valence-electron chi connectivity index (χ3n) is 4.58. The van der Waals surface area contributed by atoms with Gasteiger partial charge in [0.2, 0.25) is 5.91 Å². The fourth-order valence-electron chi connectivity index (χ4n) is 3.18. The SMILES string of the molecule is C[C@H](CN1CCCC1=O)NC(=O)Nc1cccc(C(=O)NCc2ccccn2)c1. The first-order valence-electron chi connectivity index (χ1n) is 9.65. The monoisotopic (exact) mass is 395 g/mol. The zero-order valence-corrected chi connectivity index (χ0v) is 16.4. The van der Waals surface area contributed by atoms with Gasteiger partial charge in [0.15, 0.2) is 0 Å². The van der Waals surface area contributed by atoms with Crippen LogP contribution in [0.15, 0.2) is 48.7 Å². The van der Waals surface area contributed by atoms with Gasteiger partial charge in [-0.3, -0.25) is 14.6 Å². The maximum absolute atomic E-state index is 12.4. The van der Waals surface area contributed by atoms with Crippen molar-refractivity contribution in [2.24, 2.45) is 0 Å². The maximum Gasteiger partial charge on any atom is 0.319 e. The number of likely N-dealkylation sites (tertiary alicyclic amines) is 1. The van der Waals surface area contributed by atoms with Crippen molar-refractivity contribution in [3.05, 3.63) is 59.9 Å². The van der Waals surface area contributed by atoms with Crippen LogP contribution in [-0.4, -0.2) is 46.9 Å². The van der Waals surface area contributed by atoms with E-state index in [4.69, 9.17) is 0 Å². The van der Waals surface area contributed by atoms with E-state index in [1.54, 1.807) is 35.4 Å². The predicted octanol–water partition coefficient (Wildman–Crippen LogP) is 2.14. The maximum atomic E-state index is 12.4. The molecule has 8 heteroatoms. The van der Waals surface area contributed by atoms with Gasteiger partial charge in [-0.05, 0) is 43.7 Å². The molecule has 2 aromatic rings. The number of anilines is 1. The molecule has 3 N–H and O–H groups in total. The van der Waals surface area contributed by atoms with Gasteiger partial charge in [0.05, 0.1) is 12.2 Å². The van der Waals surface area contributed by atoms with Crippen LogP contribution >= 0.6 is 0 Å². The highest BCUT2D eigenvalue weighted by molar-refractivity contribution is 5.96. The van der Waals surface area contributed by atoms with Crippen LogP contribution < -0.4 is 16.0 Å². The number of amides is 4. The van der Waals surface area contributed by atoms with Crippen molar-refractivity contribution in [1.29, 1.82) is 0 Å². The molecule has 1 atom stereocenters. The lowest BCUT2D eigenvalue weighted by atomic mass is 10.2. The molecule has 1 saturated heterocycles. The number of carbonyl (C=O) groups is 3. The first kappa shape index (κ1) is 20.3. The van der Waals surface area contributed by atoms with Crippen LogP contribution in [0.4, 0.5) is 10.5 Å². The van der Waals surface area contributed by atoms with Crippen LogP contribution in [0, 0.1) is 0 Å². The molecule has 0 radical (unpaired) electrons. The summed E-state index contributed by atoms with van der Waals surface area (Å²) in [6.45, 7) is 3.40. The minimum absolute atomic E-state index is 0.128. The van der Waals surface area contributed by atoms with E-state index in [9.17, 15) is 14.4 Å². The van der Waals surface area contributed by atoms with Crippen molar-refractivity contribution in [2.45, 2.75) is 32.4 Å². The van der Waals surface area contributed by atoms with Crippen molar-refractivity contribution >= 4 is 23.5 Å². The number of hydrogen-bond acceptors (Lipinski definition) is 4. The summed E-state index contributed by atoms with van der Waals surface area (Å²) < 4.78 is 0. The first-order valence-corrected chi connectivity index (χ1v) is 9.65. The highest BCUT2D eigenvalue weighted by Gasteiger charge is 2.22. The molecule has 1 aromatic heterocycles. The van der Waals surface area contributed by atoms with E-state index in [-0.39, 0.29) is 23.9 Å². The Morgan fingerprint density at radius 3 is 2.79 bits per heavy atom. The number of nitrogens with one attached hydrogen (secondary N) is 3. The molecule has 2 heterocycles. The van der Waals surface area contributed by atoms with Gasteiger partial charge in [-0.25, -0.2) is 4.79 Å². The number of hydrogen-bond donors (Lipinski definition) is 3. The molecule has 0 unspecified atom stereocenters. The summed E-state index contributed by atoms with van der Waals surface area (Å²) in [5.41, 5.74) is 1.71. The normalized spacial score (nSPS) is 14.4. The van der Waals surface area contributed by atoms with E-state index in [0.29, 0.717) is 30.8 Å². The lowest BCUT2D eigenvalue weighted by molar-refractivity contribution is -0.127. The largest absolute Gasteiger partial charge is 0.346 e. The van der Waals surface area contributed by atoms with Crippen LogP contribution in [0.5, 0.6) is 0 Å². The smallest absolute Gasteiger partial charge is 0.319 e. The van der Waals surface area contributed by atoms with Gasteiger partial charge in [-0.15, -0.1) is 0 Å². The molecular weight excluding hydrogens is 370 g/mol. The summed E-state index contributed by atoms with van der Waals surface area (Å²) in [5.74, 6) is -0.121. The lowest BCUT2D eigenvalue weighted by Gasteiger charge is -2.21. The standard InChI is InChI=1S/C21H25N5O3/c1-15(14-26-11-5-9-19(26)27)24-21(29)25-17-8-4-6-16(12-17)20(28)23-13-18-7-2-3-10-22-18/h2-4,6-8,10,12,15H,5,9,11,13-14H2,1H3,(H,23,28)(H2,24,25,29)/t15-/m1/s1. The Hall–Kier alpha value is -3.42. The van der Waals surface area contributed by atoms with Crippen molar-refractivity contribution in [3.63, 3.8) is 0 Å². The number of benzene rings is 1. The van der Waals surface area contributed by atoms with Crippen LogP contribution in [0.25, 0.3) is 0 Å². The average molecular weight is 395 g/mol. The van der Waals surface area contributed by atoms with Gasteiger partial charge in [0, 0.05) is 43.0 Å². The number of urea groups is 1. The summed E-state index contributed by atoms with van der Waals surface area (Å²) in [6.07, 6.45) is 3.12. The van der Waals surface area contributed by atoms with E-state index >= 15 is 0 Å². The summed E-state index contributed by atoms with van der Waals surface area (Å²) in [7, 11) is 0. The summed E-state index contributed by atoms with van der Waals surface area (Å²) >= 11 is 0. The van der Waals surface area contributed by atoms with Crippen LogP contribution in [0.3, 0.4) is 0 Å². The van der Waals surface area contributed by atoms with Gasteiger partial charge in [-0.1, -0.05) is 12.1 Å². The van der Waals surface area contributed by atoms with Crippen molar-refractivity contribution in [1.82, 2.24) is 20.5 Å². The van der Waals surface area contributed by atoms with Gasteiger partial charge >= 0.3 is 6.03 Å². The molecule has 1 aliphatic rings. The Morgan fingerprint density at radius 2 is 2.07 bits per heavy atom. The molecule has 0 saturated carbocycles. The number of aromatic nitrogens is 1. The van der Waals surface area contributed by atoms with Crippen molar-refractivity contribution in [3.8, 4) is 0 Å². The second-order valence-electron chi connectivity index (χ2n) is 7.03. The average Bonchev–Trinajstić information content (AvgIpc) is 3.11. The third kappa shape index (κ3) is 6.03. The Morgan fingerprint density at radius 1 is 1.21 bits per heavy atom. The molecule has 0 bridgehead atoms. The van der Waals surface area contributed by atoms with Crippen molar-refractivity contribution < 1.29 is 14.4 Å². The molecular formula is C21H25N5O3. The van der Waals surface area contributed by atoms with Crippen LogP contribution in [0.1, 0.15) is 35.8 Å². The molecule has 0 spiro atoms. The highest BCUT2D eigenvalue weighted by Crippen LogP contribution is 2.12.